The smallest absolute Gasteiger partial charge is 0.183 e. The molecule has 3 rings (SSSR count). The zero-order valence-corrected chi connectivity index (χ0v) is 10.1. The summed E-state index contributed by atoms with van der Waals surface area (Å²) in [6.45, 7) is 2.10. The van der Waals surface area contributed by atoms with Crippen LogP contribution in [-0.4, -0.2) is 11.0 Å². The Morgan fingerprint density at radius 3 is 2.69 bits per heavy atom. The van der Waals surface area contributed by atoms with Gasteiger partial charge >= 0.3 is 0 Å². The standard InChI is InChI=1S/C13H14N2S/c1-9-2-4-10(5-3-9)12-8-16-13(15-12)14-11-6-7-11/h2-5,8,11H,6-7H2,1H3,(H,14,15). The molecule has 0 bridgehead atoms. The third-order valence-corrected chi connectivity index (χ3v) is 3.53. The zero-order valence-electron chi connectivity index (χ0n) is 9.23. The molecule has 3 heteroatoms. The van der Waals surface area contributed by atoms with Crippen molar-refractivity contribution in [2.24, 2.45) is 0 Å². The van der Waals surface area contributed by atoms with E-state index in [-0.39, 0.29) is 0 Å². The highest BCUT2D eigenvalue weighted by Gasteiger charge is 2.21. The molecule has 0 spiro atoms. The van der Waals surface area contributed by atoms with Gasteiger partial charge in [-0.25, -0.2) is 4.98 Å². The number of aromatic nitrogens is 1. The van der Waals surface area contributed by atoms with Gasteiger partial charge < -0.3 is 5.32 Å². The minimum Gasteiger partial charge on any atom is -0.359 e. The summed E-state index contributed by atoms with van der Waals surface area (Å²) in [4.78, 5) is 4.60. The Labute approximate surface area is 99.4 Å². The maximum atomic E-state index is 4.60. The van der Waals surface area contributed by atoms with Crippen molar-refractivity contribution < 1.29 is 0 Å². The summed E-state index contributed by atoms with van der Waals surface area (Å²) in [5.74, 6) is 0. The molecule has 0 unspecified atom stereocenters. The first-order valence-electron chi connectivity index (χ1n) is 5.60. The topological polar surface area (TPSA) is 24.9 Å². The van der Waals surface area contributed by atoms with Crippen molar-refractivity contribution in [2.45, 2.75) is 25.8 Å². The number of aryl methyl sites for hydroxylation is 1. The predicted octanol–water partition coefficient (Wildman–Crippen LogP) is 3.69. The average molecular weight is 230 g/mol. The van der Waals surface area contributed by atoms with Crippen molar-refractivity contribution in [2.75, 3.05) is 5.32 Å². The van der Waals surface area contributed by atoms with Crippen LogP contribution in [-0.2, 0) is 0 Å². The number of thiazole rings is 1. The lowest BCUT2D eigenvalue weighted by molar-refractivity contribution is 1.14. The fourth-order valence-electron chi connectivity index (χ4n) is 1.60. The number of benzene rings is 1. The van der Waals surface area contributed by atoms with Gasteiger partial charge in [0, 0.05) is 17.0 Å². The van der Waals surface area contributed by atoms with Crippen LogP contribution in [0.15, 0.2) is 29.6 Å². The molecule has 1 aliphatic carbocycles. The van der Waals surface area contributed by atoms with Gasteiger partial charge in [-0.1, -0.05) is 29.8 Å². The number of rotatable bonds is 3. The molecule has 0 radical (unpaired) electrons. The Morgan fingerprint density at radius 2 is 2.00 bits per heavy atom. The van der Waals surface area contributed by atoms with Crippen LogP contribution in [0.3, 0.4) is 0 Å². The number of anilines is 1. The summed E-state index contributed by atoms with van der Waals surface area (Å²) in [5.41, 5.74) is 3.56. The van der Waals surface area contributed by atoms with Crippen molar-refractivity contribution in [1.29, 1.82) is 0 Å². The van der Waals surface area contributed by atoms with Crippen LogP contribution < -0.4 is 5.32 Å². The molecular weight excluding hydrogens is 216 g/mol. The highest BCUT2D eigenvalue weighted by Crippen LogP contribution is 2.29. The number of hydrogen-bond donors (Lipinski definition) is 1. The second-order valence-corrected chi connectivity index (χ2v) is 5.18. The van der Waals surface area contributed by atoms with E-state index in [2.05, 4.69) is 46.9 Å². The summed E-state index contributed by atoms with van der Waals surface area (Å²) >= 11 is 1.69. The van der Waals surface area contributed by atoms with E-state index in [9.17, 15) is 0 Å². The molecule has 1 heterocycles. The summed E-state index contributed by atoms with van der Waals surface area (Å²) < 4.78 is 0. The van der Waals surface area contributed by atoms with Crippen LogP contribution in [0.25, 0.3) is 11.3 Å². The van der Waals surface area contributed by atoms with Crippen LogP contribution in [0.2, 0.25) is 0 Å². The number of hydrogen-bond acceptors (Lipinski definition) is 3. The van der Waals surface area contributed by atoms with Crippen LogP contribution >= 0.6 is 11.3 Å². The van der Waals surface area contributed by atoms with Crippen LogP contribution in [0.5, 0.6) is 0 Å². The fraction of sp³-hybridized carbons (Fsp3) is 0.308. The van der Waals surface area contributed by atoms with Gasteiger partial charge in [-0.15, -0.1) is 11.3 Å². The van der Waals surface area contributed by atoms with Crippen molar-refractivity contribution in [3.8, 4) is 11.3 Å². The molecular formula is C13H14N2S. The normalized spacial score (nSPS) is 15.1. The van der Waals surface area contributed by atoms with Crippen LogP contribution in [0.1, 0.15) is 18.4 Å². The molecule has 1 aliphatic rings. The van der Waals surface area contributed by atoms with E-state index in [1.165, 1.54) is 24.0 Å². The van der Waals surface area contributed by atoms with Crippen LogP contribution in [0.4, 0.5) is 5.13 Å². The van der Waals surface area contributed by atoms with E-state index in [0.29, 0.717) is 6.04 Å². The second-order valence-electron chi connectivity index (χ2n) is 4.32. The van der Waals surface area contributed by atoms with Gasteiger partial charge in [-0.3, -0.25) is 0 Å². The lowest BCUT2D eigenvalue weighted by atomic mass is 10.1. The van der Waals surface area contributed by atoms with E-state index >= 15 is 0 Å². The van der Waals surface area contributed by atoms with E-state index in [0.717, 1.165) is 10.8 Å². The van der Waals surface area contributed by atoms with Gasteiger partial charge in [0.05, 0.1) is 5.69 Å². The molecule has 0 amide bonds. The quantitative estimate of drug-likeness (QED) is 0.869. The minimum absolute atomic E-state index is 0.678. The molecule has 1 saturated carbocycles. The van der Waals surface area contributed by atoms with Crippen molar-refractivity contribution in [3.63, 3.8) is 0 Å². The van der Waals surface area contributed by atoms with Crippen molar-refractivity contribution in [3.05, 3.63) is 35.2 Å². The Balaban J connectivity index is 1.82. The first kappa shape index (κ1) is 9.85. The Hall–Kier alpha value is -1.35. The van der Waals surface area contributed by atoms with Gasteiger partial charge in [0.2, 0.25) is 0 Å². The molecule has 16 heavy (non-hydrogen) atoms. The maximum Gasteiger partial charge on any atom is 0.183 e. The molecule has 1 aromatic carbocycles. The van der Waals surface area contributed by atoms with Crippen molar-refractivity contribution in [1.82, 2.24) is 4.98 Å². The van der Waals surface area contributed by atoms with Gasteiger partial charge in [0.25, 0.3) is 0 Å². The second kappa shape index (κ2) is 3.91. The highest BCUT2D eigenvalue weighted by molar-refractivity contribution is 7.14. The van der Waals surface area contributed by atoms with Crippen molar-refractivity contribution >= 4 is 16.5 Å². The Kier molecular flexibility index (Phi) is 2.40. The lowest BCUT2D eigenvalue weighted by Crippen LogP contribution is -1.99. The highest BCUT2D eigenvalue weighted by atomic mass is 32.1. The molecule has 82 valence electrons. The van der Waals surface area contributed by atoms with Crippen LogP contribution in [0, 0.1) is 6.92 Å². The molecule has 0 saturated heterocycles. The predicted molar refractivity (Wildman–Crippen MR) is 68.9 cm³/mol. The number of nitrogens with zero attached hydrogens (tertiary/aromatic N) is 1. The molecule has 2 nitrogen and oxygen atoms in total. The monoisotopic (exact) mass is 230 g/mol. The molecule has 1 fully saturated rings. The molecule has 1 aromatic heterocycles. The van der Waals surface area contributed by atoms with E-state index in [1.807, 2.05) is 0 Å². The Bertz CT molecular complexity index is 483. The molecule has 2 aromatic rings. The SMILES string of the molecule is Cc1ccc(-c2csc(NC3CC3)n2)cc1. The fourth-order valence-corrected chi connectivity index (χ4v) is 2.40. The van der Waals surface area contributed by atoms with Gasteiger partial charge in [-0.2, -0.15) is 0 Å². The molecule has 1 N–H and O–H groups in total. The molecule has 0 atom stereocenters. The van der Waals surface area contributed by atoms with E-state index < -0.39 is 0 Å². The Morgan fingerprint density at radius 1 is 1.25 bits per heavy atom. The van der Waals surface area contributed by atoms with E-state index in [4.69, 9.17) is 0 Å². The maximum absolute atomic E-state index is 4.60. The summed E-state index contributed by atoms with van der Waals surface area (Å²) in [6, 6.07) is 9.19. The summed E-state index contributed by atoms with van der Waals surface area (Å²) in [7, 11) is 0. The lowest BCUT2D eigenvalue weighted by Gasteiger charge is -1.98. The third-order valence-electron chi connectivity index (χ3n) is 2.76. The number of nitrogens with one attached hydrogen (secondary N) is 1. The largest absolute Gasteiger partial charge is 0.359 e. The van der Waals surface area contributed by atoms with E-state index in [1.54, 1.807) is 11.3 Å². The first-order chi connectivity index (χ1) is 7.81. The molecule has 0 aliphatic heterocycles. The third kappa shape index (κ3) is 2.09. The zero-order chi connectivity index (χ0) is 11.0. The summed E-state index contributed by atoms with van der Waals surface area (Å²) in [5, 5.41) is 6.60. The minimum atomic E-state index is 0.678. The first-order valence-corrected chi connectivity index (χ1v) is 6.48. The summed E-state index contributed by atoms with van der Waals surface area (Å²) in [6.07, 6.45) is 2.58. The average Bonchev–Trinajstić information content (AvgIpc) is 2.97. The van der Waals surface area contributed by atoms with Gasteiger partial charge in [0.15, 0.2) is 5.13 Å². The van der Waals surface area contributed by atoms with Gasteiger partial charge in [0.1, 0.15) is 0 Å². The van der Waals surface area contributed by atoms with Gasteiger partial charge in [-0.05, 0) is 19.8 Å².